The van der Waals surface area contributed by atoms with Gasteiger partial charge in [-0.25, -0.2) is 14.6 Å². The van der Waals surface area contributed by atoms with Crippen molar-refractivity contribution in [3.05, 3.63) is 115 Å². The van der Waals surface area contributed by atoms with Crippen molar-refractivity contribution in [2.45, 2.75) is 24.8 Å². The summed E-state index contributed by atoms with van der Waals surface area (Å²) >= 11 is 2.79. The first-order chi connectivity index (χ1) is 21.9. The van der Waals surface area contributed by atoms with Crippen molar-refractivity contribution in [3.8, 4) is 11.5 Å². The summed E-state index contributed by atoms with van der Waals surface area (Å²) in [6.07, 6.45) is 3.66. The molecule has 0 amide bonds. The maximum Gasteiger partial charge on any atom is 0.344 e. The highest BCUT2D eigenvalue weighted by Crippen LogP contribution is 2.36. The summed E-state index contributed by atoms with van der Waals surface area (Å²) < 4.78 is 23.8. The molecule has 9 nitrogen and oxygen atoms in total. The number of thioether (sulfide) groups is 1. The van der Waals surface area contributed by atoms with Crippen LogP contribution in [0.5, 0.6) is 11.5 Å². The Morgan fingerprint density at radius 3 is 2.38 bits per heavy atom. The summed E-state index contributed by atoms with van der Waals surface area (Å²) in [5, 5.41) is 0. The Labute approximate surface area is 268 Å². The number of hydrogen-bond acceptors (Lipinski definition) is 10. The highest BCUT2D eigenvalue weighted by atomic mass is 32.2. The van der Waals surface area contributed by atoms with E-state index >= 15 is 0 Å². The monoisotopic (exact) mass is 644 g/mol. The number of nitrogens with zero attached hydrogens (tertiary/aromatic N) is 2. The zero-order valence-electron chi connectivity index (χ0n) is 25.3. The molecule has 5 rings (SSSR count). The Kier molecular flexibility index (Phi) is 10.2. The lowest BCUT2D eigenvalue weighted by atomic mass is 9.93. The predicted molar refractivity (Wildman–Crippen MR) is 174 cm³/mol. The Morgan fingerprint density at radius 2 is 1.71 bits per heavy atom. The number of hydrogen-bond donors (Lipinski definition) is 0. The van der Waals surface area contributed by atoms with E-state index in [1.54, 1.807) is 54.5 Å². The average molecular weight is 645 g/mol. The van der Waals surface area contributed by atoms with E-state index in [0.29, 0.717) is 32.1 Å². The molecule has 0 unspecified atom stereocenters. The first-order valence-corrected chi connectivity index (χ1v) is 16.3. The third kappa shape index (κ3) is 6.74. The molecule has 3 aromatic carbocycles. The summed E-state index contributed by atoms with van der Waals surface area (Å²) in [7, 11) is 1.49. The fourth-order valence-corrected chi connectivity index (χ4v) is 6.38. The summed E-state index contributed by atoms with van der Waals surface area (Å²) in [5.74, 6) is -0.388. The van der Waals surface area contributed by atoms with Gasteiger partial charge in [0.1, 0.15) is 0 Å². The van der Waals surface area contributed by atoms with E-state index in [-0.39, 0.29) is 31.0 Å². The van der Waals surface area contributed by atoms with E-state index in [2.05, 4.69) is 0 Å². The molecule has 2 heterocycles. The molecule has 4 aromatic rings. The molecule has 0 radical (unpaired) electrons. The molecule has 1 aliphatic rings. The van der Waals surface area contributed by atoms with Crippen LogP contribution in [0, 0.1) is 0 Å². The van der Waals surface area contributed by atoms with Gasteiger partial charge >= 0.3 is 11.9 Å². The van der Waals surface area contributed by atoms with Crippen molar-refractivity contribution in [1.82, 2.24) is 4.57 Å². The Bertz CT molecular complexity index is 1910. The van der Waals surface area contributed by atoms with E-state index in [4.69, 9.17) is 23.9 Å². The second-order valence-electron chi connectivity index (χ2n) is 9.68. The van der Waals surface area contributed by atoms with Crippen molar-refractivity contribution < 1.29 is 28.5 Å². The van der Waals surface area contributed by atoms with Crippen LogP contribution in [0.1, 0.15) is 36.6 Å². The molecule has 0 aliphatic carbocycles. The molecule has 1 aliphatic heterocycles. The molecular weight excluding hydrogens is 613 g/mol. The van der Waals surface area contributed by atoms with Crippen LogP contribution in [0.15, 0.2) is 93.1 Å². The lowest BCUT2D eigenvalue weighted by Crippen LogP contribution is -2.40. The Morgan fingerprint density at radius 1 is 0.978 bits per heavy atom. The maximum atomic E-state index is 14.3. The van der Waals surface area contributed by atoms with Gasteiger partial charge in [0, 0.05) is 16.0 Å². The van der Waals surface area contributed by atoms with Crippen molar-refractivity contribution in [2.24, 2.45) is 4.99 Å². The standard InChI is InChI=1S/C34H32N2O7S2/c1-5-41-27(37)20-43-31-23(13-10-14-25(31)40-3)19-26-32(38)36-30(22-15-17-24(44-4)18-16-22)28(33(39)42-6-2)29(35-34(36)45-26)21-11-8-7-9-12-21/h7-19,30H,5-6,20H2,1-4H3/b26-19-/t30-/m1/s1. The van der Waals surface area contributed by atoms with Gasteiger partial charge in [0.2, 0.25) is 0 Å². The fourth-order valence-electron chi connectivity index (χ4n) is 4.98. The molecule has 0 spiro atoms. The van der Waals surface area contributed by atoms with Gasteiger partial charge < -0.3 is 18.9 Å². The zero-order valence-corrected chi connectivity index (χ0v) is 26.9. The number of benzene rings is 3. The summed E-state index contributed by atoms with van der Waals surface area (Å²) in [6, 6.07) is 21.6. The van der Waals surface area contributed by atoms with Crippen molar-refractivity contribution in [1.29, 1.82) is 0 Å². The molecule has 11 heteroatoms. The van der Waals surface area contributed by atoms with Crippen LogP contribution in [0.3, 0.4) is 0 Å². The molecule has 0 saturated heterocycles. The summed E-state index contributed by atoms with van der Waals surface area (Å²) in [5.41, 5.74) is 2.38. The van der Waals surface area contributed by atoms with E-state index in [9.17, 15) is 14.4 Å². The number of rotatable bonds is 11. The lowest BCUT2D eigenvalue weighted by Gasteiger charge is -2.26. The van der Waals surface area contributed by atoms with Crippen molar-refractivity contribution in [3.63, 3.8) is 0 Å². The number of thiazole rings is 1. The molecule has 1 aromatic heterocycles. The van der Waals surface area contributed by atoms with Crippen LogP contribution >= 0.6 is 23.1 Å². The number of methoxy groups -OCH3 is 1. The topological polar surface area (TPSA) is 105 Å². The predicted octanol–water partition coefficient (Wildman–Crippen LogP) is 4.61. The number of aromatic nitrogens is 1. The summed E-state index contributed by atoms with van der Waals surface area (Å²) in [4.78, 5) is 46.3. The quantitative estimate of drug-likeness (QED) is 0.172. The molecule has 232 valence electrons. The molecule has 0 N–H and O–H groups in total. The molecule has 45 heavy (non-hydrogen) atoms. The van der Waals surface area contributed by atoms with Gasteiger partial charge in [0.15, 0.2) is 22.9 Å². The number of fused-ring (bicyclic) bond motifs is 1. The van der Waals surface area contributed by atoms with Crippen LogP contribution < -0.4 is 24.4 Å². The largest absolute Gasteiger partial charge is 0.493 e. The van der Waals surface area contributed by atoms with Crippen molar-refractivity contribution in [2.75, 3.05) is 33.2 Å². The van der Waals surface area contributed by atoms with Gasteiger partial charge in [0.25, 0.3) is 5.56 Å². The lowest BCUT2D eigenvalue weighted by molar-refractivity contribution is -0.145. The molecular formula is C34H32N2O7S2. The minimum atomic E-state index is -0.793. The second-order valence-corrected chi connectivity index (χ2v) is 11.6. The van der Waals surface area contributed by atoms with E-state index in [1.165, 1.54) is 18.4 Å². The van der Waals surface area contributed by atoms with E-state index in [1.807, 2.05) is 60.9 Å². The number of para-hydroxylation sites is 1. The smallest absolute Gasteiger partial charge is 0.344 e. The molecule has 1 atom stereocenters. The number of esters is 2. The van der Waals surface area contributed by atoms with Gasteiger partial charge in [-0.3, -0.25) is 9.36 Å². The number of carbonyl (C=O) groups excluding carboxylic acids is 2. The van der Waals surface area contributed by atoms with Crippen molar-refractivity contribution >= 4 is 46.8 Å². The van der Waals surface area contributed by atoms with Gasteiger partial charge in [0.05, 0.1) is 42.2 Å². The minimum absolute atomic E-state index is 0.164. The number of carbonyl (C=O) groups is 2. The normalized spacial score (nSPS) is 14.4. The molecule has 0 bridgehead atoms. The van der Waals surface area contributed by atoms with Crippen LogP contribution in [0.25, 0.3) is 11.8 Å². The van der Waals surface area contributed by atoms with Crippen LogP contribution in [-0.4, -0.2) is 49.7 Å². The van der Waals surface area contributed by atoms with E-state index in [0.717, 1.165) is 16.0 Å². The highest BCUT2D eigenvalue weighted by Gasteiger charge is 2.35. The first kappa shape index (κ1) is 31.8. The van der Waals surface area contributed by atoms with Gasteiger partial charge in [-0.1, -0.05) is 65.9 Å². The third-order valence-electron chi connectivity index (χ3n) is 6.96. The van der Waals surface area contributed by atoms with E-state index < -0.39 is 18.0 Å². The fraction of sp³-hybridized carbons (Fsp3) is 0.235. The van der Waals surface area contributed by atoms with Crippen LogP contribution in [0.2, 0.25) is 0 Å². The minimum Gasteiger partial charge on any atom is -0.493 e. The highest BCUT2D eigenvalue weighted by molar-refractivity contribution is 7.98. The maximum absolute atomic E-state index is 14.3. The van der Waals surface area contributed by atoms with Gasteiger partial charge in [-0.05, 0) is 49.9 Å². The Hall–Kier alpha value is -4.61. The van der Waals surface area contributed by atoms with Crippen LogP contribution in [-0.2, 0) is 19.1 Å². The number of ether oxygens (including phenoxy) is 4. The zero-order chi connectivity index (χ0) is 31.9. The first-order valence-electron chi connectivity index (χ1n) is 14.3. The van der Waals surface area contributed by atoms with Crippen LogP contribution in [0.4, 0.5) is 0 Å². The molecule has 0 saturated carbocycles. The average Bonchev–Trinajstić information content (AvgIpc) is 3.37. The summed E-state index contributed by atoms with van der Waals surface area (Å²) in [6.45, 7) is 3.52. The van der Waals surface area contributed by atoms with Gasteiger partial charge in [-0.2, -0.15) is 0 Å². The van der Waals surface area contributed by atoms with Gasteiger partial charge in [-0.15, -0.1) is 11.8 Å². The second kappa shape index (κ2) is 14.4. The Balaban J connectivity index is 1.75. The third-order valence-corrected chi connectivity index (χ3v) is 8.69. The molecule has 0 fully saturated rings. The SMILES string of the molecule is CCOC(=O)COc1c(/C=c2\sc3n(c2=O)[C@H](c2ccc(SC)cc2)C(C(=O)OCC)=C(c2ccccc2)N=3)cccc1OC.